The van der Waals surface area contributed by atoms with E-state index >= 15 is 0 Å². The number of likely N-dealkylation sites (N-methyl/N-ethyl adjacent to an activating group) is 1. The Morgan fingerprint density at radius 2 is 1.79 bits per heavy atom. The van der Waals surface area contributed by atoms with E-state index in [2.05, 4.69) is 22.2 Å². The zero-order valence-electron chi connectivity index (χ0n) is 11.3. The normalized spacial score (nSPS) is 25.2. The Morgan fingerprint density at radius 3 is 2.53 bits per heavy atom. The summed E-state index contributed by atoms with van der Waals surface area (Å²) in [6, 6.07) is 3.71. The van der Waals surface area contributed by atoms with Crippen LogP contribution in [-0.4, -0.2) is 59.8 Å². The maximum atomic E-state index is 9.74. The number of phenols is 2. The second-order valence-corrected chi connectivity index (χ2v) is 5.53. The number of phenolic OH excluding ortho intramolecular Hbond substituents is 2. The molecule has 5 nitrogen and oxygen atoms in total. The van der Waals surface area contributed by atoms with E-state index in [1.165, 1.54) is 0 Å². The van der Waals surface area contributed by atoms with Gasteiger partial charge >= 0.3 is 0 Å². The molecule has 1 atom stereocenters. The minimum Gasteiger partial charge on any atom is -0.504 e. The lowest BCUT2D eigenvalue weighted by molar-refractivity contribution is 0.106. The minimum absolute atomic E-state index is 0.0141. The molecule has 1 unspecified atom stereocenters. The van der Waals surface area contributed by atoms with Gasteiger partial charge in [-0.15, -0.1) is 0 Å². The highest BCUT2D eigenvalue weighted by Gasteiger charge is 2.28. The summed E-state index contributed by atoms with van der Waals surface area (Å²) in [6.07, 6.45) is 0. The van der Waals surface area contributed by atoms with Gasteiger partial charge in [-0.1, -0.05) is 0 Å². The van der Waals surface area contributed by atoms with E-state index in [-0.39, 0.29) is 11.5 Å². The Morgan fingerprint density at radius 1 is 1.11 bits per heavy atom. The van der Waals surface area contributed by atoms with Crippen LogP contribution >= 0.6 is 0 Å². The molecule has 0 aliphatic carbocycles. The standard InChI is InChI=1S/C14H21N3O2/c1-16-2-4-17(5-3-16)12-9-15-8-10-6-13(18)14(19)7-11(10)12/h6-7,12,15,18-19H,2-5,8-9H2,1H3. The first kappa shape index (κ1) is 12.7. The summed E-state index contributed by atoms with van der Waals surface area (Å²) < 4.78 is 0. The fourth-order valence-corrected chi connectivity index (χ4v) is 3.01. The van der Waals surface area contributed by atoms with Gasteiger partial charge in [-0.05, 0) is 30.3 Å². The van der Waals surface area contributed by atoms with Crippen LogP contribution in [0.25, 0.3) is 0 Å². The zero-order valence-corrected chi connectivity index (χ0v) is 11.3. The summed E-state index contributed by atoms with van der Waals surface area (Å²) in [5, 5.41) is 22.7. The lowest BCUT2D eigenvalue weighted by Gasteiger charge is -2.40. The first-order valence-electron chi connectivity index (χ1n) is 6.83. The van der Waals surface area contributed by atoms with Crippen LogP contribution in [0.3, 0.4) is 0 Å². The second kappa shape index (κ2) is 5.00. The number of hydrogen-bond donors (Lipinski definition) is 3. The van der Waals surface area contributed by atoms with Crippen molar-refractivity contribution in [2.45, 2.75) is 12.6 Å². The van der Waals surface area contributed by atoms with Gasteiger partial charge in [0.25, 0.3) is 0 Å². The van der Waals surface area contributed by atoms with Gasteiger partial charge in [0.1, 0.15) is 0 Å². The van der Waals surface area contributed by atoms with Crippen LogP contribution in [0.2, 0.25) is 0 Å². The third-order valence-electron chi connectivity index (χ3n) is 4.23. The molecule has 1 saturated heterocycles. The maximum absolute atomic E-state index is 9.74. The maximum Gasteiger partial charge on any atom is 0.157 e. The number of fused-ring (bicyclic) bond motifs is 1. The molecule has 3 N–H and O–H groups in total. The van der Waals surface area contributed by atoms with Crippen molar-refractivity contribution in [3.05, 3.63) is 23.3 Å². The molecule has 1 aromatic rings. The van der Waals surface area contributed by atoms with Crippen molar-refractivity contribution in [1.29, 1.82) is 0 Å². The van der Waals surface area contributed by atoms with Gasteiger partial charge in [0.2, 0.25) is 0 Å². The van der Waals surface area contributed by atoms with E-state index in [0.29, 0.717) is 6.04 Å². The molecule has 19 heavy (non-hydrogen) atoms. The highest BCUT2D eigenvalue weighted by molar-refractivity contribution is 5.47. The van der Waals surface area contributed by atoms with E-state index in [4.69, 9.17) is 0 Å². The van der Waals surface area contributed by atoms with Crippen molar-refractivity contribution in [2.24, 2.45) is 0 Å². The molecule has 0 radical (unpaired) electrons. The molecule has 0 aromatic heterocycles. The average Bonchev–Trinajstić information content (AvgIpc) is 2.41. The third kappa shape index (κ3) is 2.41. The lowest BCUT2D eigenvalue weighted by atomic mass is 9.94. The predicted octanol–water partition coefficient (Wildman–Crippen LogP) is 0.489. The molecule has 1 aromatic carbocycles. The van der Waals surface area contributed by atoms with E-state index in [1.54, 1.807) is 12.1 Å². The Balaban J connectivity index is 1.87. The number of hydrogen-bond acceptors (Lipinski definition) is 5. The molecule has 0 spiro atoms. The molecule has 3 rings (SSSR count). The monoisotopic (exact) mass is 263 g/mol. The summed E-state index contributed by atoms with van der Waals surface area (Å²) in [4.78, 5) is 4.80. The number of nitrogens with zero attached hydrogens (tertiary/aromatic N) is 2. The smallest absolute Gasteiger partial charge is 0.157 e. The van der Waals surface area contributed by atoms with Crippen LogP contribution in [0, 0.1) is 0 Å². The lowest BCUT2D eigenvalue weighted by Crippen LogP contribution is -2.49. The van der Waals surface area contributed by atoms with Gasteiger partial charge in [-0.25, -0.2) is 0 Å². The van der Waals surface area contributed by atoms with Crippen molar-refractivity contribution < 1.29 is 10.2 Å². The molecule has 5 heteroatoms. The van der Waals surface area contributed by atoms with Crippen LogP contribution in [0.4, 0.5) is 0 Å². The number of rotatable bonds is 1. The second-order valence-electron chi connectivity index (χ2n) is 5.53. The predicted molar refractivity (Wildman–Crippen MR) is 73.3 cm³/mol. The van der Waals surface area contributed by atoms with Crippen molar-refractivity contribution in [1.82, 2.24) is 15.1 Å². The number of piperazine rings is 1. The van der Waals surface area contributed by atoms with Gasteiger partial charge in [-0.2, -0.15) is 0 Å². The van der Waals surface area contributed by atoms with Crippen LogP contribution in [0.1, 0.15) is 17.2 Å². The van der Waals surface area contributed by atoms with Gasteiger partial charge in [0, 0.05) is 45.3 Å². The SMILES string of the molecule is CN1CCN(C2CNCc3cc(O)c(O)cc32)CC1. The van der Waals surface area contributed by atoms with Crippen molar-refractivity contribution in [3.63, 3.8) is 0 Å². The van der Waals surface area contributed by atoms with Crippen LogP contribution in [0.5, 0.6) is 11.5 Å². The minimum atomic E-state index is -0.0282. The van der Waals surface area contributed by atoms with Crippen molar-refractivity contribution >= 4 is 0 Å². The Kier molecular flexibility index (Phi) is 3.35. The van der Waals surface area contributed by atoms with E-state index in [9.17, 15) is 10.2 Å². The molecule has 1 fully saturated rings. The first-order valence-corrected chi connectivity index (χ1v) is 6.83. The highest BCUT2D eigenvalue weighted by atomic mass is 16.3. The highest BCUT2D eigenvalue weighted by Crippen LogP contribution is 2.35. The Hall–Kier alpha value is -1.30. The van der Waals surface area contributed by atoms with E-state index in [1.807, 2.05) is 0 Å². The largest absolute Gasteiger partial charge is 0.504 e. The number of aromatic hydroxyl groups is 2. The van der Waals surface area contributed by atoms with Gasteiger partial charge in [0.05, 0.1) is 0 Å². The molecule has 0 amide bonds. The first-order chi connectivity index (χ1) is 9.15. The molecule has 2 heterocycles. The summed E-state index contributed by atoms with van der Waals surface area (Å²) in [6.45, 7) is 5.91. The van der Waals surface area contributed by atoms with Gasteiger partial charge in [0.15, 0.2) is 11.5 Å². The molecule has 0 bridgehead atoms. The van der Waals surface area contributed by atoms with Crippen LogP contribution < -0.4 is 5.32 Å². The topological polar surface area (TPSA) is 59.0 Å². The fourth-order valence-electron chi connectivity index (χ4n) is 3.01. The van der Waals surface area contributed by atoms with Crippen LogP contribution in [-0.2, 0) is 6.54 Å². The van der Waals surface area contributed by atoms with E-state index in [0.717, 1.165) is 50.4 Å². The molecular formula is C14H21N3O2. The fraction of sp³-hybridized carbons (Fsp3) is 0.571. The average molecular weight is 263 g/mol. The molecule has 2 aliphatic rings. The van der Waals surface area contributed by atoms with Crippen LogP contribution in [0.15, 0.2) is 12.1 Å². The van der Waals surface area contributed by atoms with Gasteiger partial charge < -0.3 is 20.4 Å². The Bertz CT molecular complexity index is 470. The van der Waals surface area contributed by atoms with E-state index < -0.39 is 0 Å². The van der Waals surface area contributed by atoms with Crippen molar-refractivity contribution in [2.75, 3.05) is 39.8 Å². The summed E-state index contributed by atoms with van der Waals surface area (Å²) in [5.41, 5.74) is 2.24. The number of nitrogens with one attached hydrogen (secondary N) is 1. The molecule has 2 aliphatic heterocycles. The zero-order chi connectivity index (χ0) is 13.4. The summed E-state index contributed by atoms with van der Waals surface area (Å²) in [7, 11) is 2.15. The van der Waals surface area contributed by atoms with Crippen molar-refractivity contribution in [3.8, 4) is 11.5 Å². The Labute approximate surface area is 113 Å². The molecule has 0 saturated carbocycles. The molecule has 104 valence electrons. The third-order valence-corrected chi connectivity index (χ3v) is 4.23. The quantitative estimate of drug-likeness (QED) is 0.644. The van der Waals surface area contributed by atoms with Gasteiger partial charge in [-0.3, -0.25) is 4.90 Å². The molecular weight excluding hydrogens is 242 g/mol. The number of benzene rings is 1. The summed E-state index contributed by atoms with van der Waals surface area (Å²) in [5.74, 6) is -0.0423. The summed E-state index contributed by atoms with van der Waals surface area (Å²) >= 11 is 0.